The molecule has 53 heavy (non-hydrogen) atoms. The van der Waals surface area contributed by atoms with Crippen molar-refractivity contribution in [2.24, 2.45) is 0 Å². The van der Waals surface area contributed by atoms with Crippen LogP contribution in [0.25, 0.3) is 100 Å². The third-order valence-corrected chi connectivity index (χ3v) is 9.98. The summed E-state index contributed by atoms with van der Waals surface area (Å²) < 4.78 is 6.43. The van der Waals surface area contributed by atoms with Crippen LogP contribution in [0.4, 0.5) is 0 Å². The summed E-state index contributed by atoms with van der Waals surface area (Å²) in [6.45, 7) is 0. The molecule has 0 saturated carbocycles. The lowest BCUT2D eigenvalue weighted by Gasteiger charge is -2.14. The van der Waals surface area contributed by atoms with Crippen molar-refractivity contribution in [3.8, 4) is 67.5 Å². The van der Waals surface area contributed by atoms with Crippen molar-refractivity contribution >= 4 is 32.7 Å². The minimum absolute atomic E-state index is 0.567. The van der Waals surface area contributed by atoms with E-state index in [0.29, 0.717) is 17.5 Å². The van der Waals surface area contributed by atoms with E-state index < -0.39 is 0 Å². The second kappa shape index (κ2) is 12.9. The number of furan rings is 1. The highest BCUT2D eigenvalue weighted by Gasteiger charge is 2.19. The van der Waals surface area contributed by atoms with Gasteiger partial charge in [0.2, 0.25) is 0 Å². The average molecular weight is 678 g/mol. The second-order valence-corrected chi connectivity index (χ2v) is 13.2. The minimum atomic E-state index is 0.567. The summed E-state index contributed by atoms with van der Waals surface area (Å²) in [7, 11) is 0. The van der Waals surface area contributed by atoms with Crippen molar-refractivity contribution in [1.82, 2.24) is 15.0 Å². The lowest BCUT2D eigenvalue weighted by atomic mass is 9.92. The number of hydrogen-bond acceptors (Lipinski definition) is 4. The average Bonchev–Trinajstić information content (AvgIpc) is 3.63. The van der Waals surface area contributed by atoms with E-state index in [2.05, 4.69) is 121 Å². The highest BCUT2D eigenvalue weighted by molar-refractivity contribution is 6.09. The van der Waals surface area contributed by atoms with Crippen LogP contribution in [0.2, 0.25) is 0 Å². The molecule has 0 amide bonds. The van der Waals surface area contributed by atoms with Gasteiger partial charge in [0.05, 0.1) is 5.56 Å². The molecule has 4 heteroatoms. The van der Waals surface area contributed by atoms with Crippen LogP contribution in [0.15, 0.2) is 192 Å². The molecule has 0 unspecified atom stereocenters. The van der Waals surface area contributed by atoms with Gasteiger partial charge < -0.3 is 4.42 Å². The van der Waals surface area contributed by atoms with E-state index in [-0.39, 0.29) is 0 Å². The maximum absolute atomic E-state index is 6.43. The number of nitrogens with zero attached hydrogens (tertiary/aromatic N) is 3. The number of hydrogen-bond donors (Lipinski definition) is 0. The largest absolute Gasteiger partial charge is 0.455 e. The van der Waals surface area contributed by atoms with E-state index in [4.69, 9.17) is 19.4 Å². The number of aromatic nitrogens is 3. The fourth-order valence-corrected chi connectivity index (χ4v) is 7.35. The third kappa shape index (κ3) is 5.54. The van der Waals surface area contributed by atoms with Crippen LogP contribution in [0.5, 0.6) is 0 Å². The molecule has 0 atom stereocenters. The quantitative estimate of drug-likeness (QED) is 0.176. The first-order valence-corrected chi connectivity index (χ1v) is 17.8. The molecular weight excluding hydrogens is 647 g/mol. The number of para-hydroxylation sites is 2. The normalized spacial score (nSPS) is 11.4. The summed E-state index contributed by atoms with van der Waals surface area (Å²) in [5, 5.41) is 4.30. The van der Waals surface area contributed by atoms with Gasteiger partial charge in [-0.15, -0.1) is 0 Å². The summed E-state index contributed by atoms with van der Waals surface area (Å²) in [5.41, 5.74) is 11.4. The van der Waals surface area contributed by atoms with Gasteiger partial charge in [0.1, 0.15) is 11.2 Å². The molecule has 10 rings (SSSR count). The van der Waals surface area contributed by atoms with Crippen molar-refractivity contribution in [2.75, 3.05) is 0 Å². The summed E-state index contributed by atoms with van der Waals surface area (Å²) in [6, 6.07) is 65.3. The van der Waals surface area contributed by atoms with Gasteiger partial charge in [-0.3, -0.25) is 0 Å². The van der Waals surface area contributed by atoms with E-state index in [1.54, 1.807) is 0 Å². The molecule has 0 fully saturated rings. The molecule has 4 nitrogen and oxygen atoms in total. The highest BCUT2D eigenvalue weighted by Crippen LogP contribution is 2.39. The van der Waals surface area contributed by atoms with Crippen molar-refractivity contribution in [3.05, 3.63) is 188 Å². The van der Waals surface area contributed by atoms with Gasteiger partial charge in [-0.1, -0.05) is 164 Å². The van der Waals surface area contributed by atoms with Crippen molar-refractivity contribution < 1.29 is 4.42 Å². The maximum atomic E-state index is 6.43. The Labute approximate surface area is 306 Å². The van der Waals surface area contributed by atoms with Gasteiger partial charge in [0.25, 0.3) is 0 Å². The van der Waals surface area contributed by atoms with Crippen LogP contribution in [-0.4, -0.2) is 15.0 Å². The van der Waals surface area contributed by atoms with Gasteiger partial charge in [-0.2, -0.15) is 0 Å². The van der Waals surface area contributed by atoms with E-state index in [1.807, 2.05) is 66.7 Å². The first-order chi connectivity index (χ1) is 26.3. The van der Waals surface area contributed by atoms with Gasteiger partial charge in [-0.05, 0) is 68.4 Å². The van der Waals surface area contributed by atoms with Crippen molar-refractivity contribution in [3.63, 3.8) is 0 Å². The second-order valence-electron chi connectivity index (χ2n) is 13.2. The van der Waals surface area contributed by atoms with Gasteiger partial charge >= 0.3 is 0 Å². The lowest BCUT2D eigenvalue weighted by Crippen LogP contribution is -2.01. The van der Waals surface area contributed by atoms with Crippen molar-refractivity contribution in [1.29, 1.82) is 0 Å². The molecule has 0 saturated heterocycles. The molecule has 0 aliphatic heterocycles. The van der Waals surface area contributed by atoms with Gasteiger partial charge in [0, 0.05) is 21.9 Å². The highest BCUT2D eigenvalue weighted by atomic mass is 16.3. The Kier molecular flexibility index (Phi) is 7.43. The Morgan fingerprint density at radius 1 is 0.283 bits per heavy atom. The molecule has 2 aromatic heterocycles. The predicted octanol–water partition coefficient (Wildman–Crippen LogP) is 12.9. The van der Waals surface area contributed by atoms with Crippen LogP contribution in [0, 0.1) is 0 Å². The summed E-state index contributed by atoms with van der Waals surface area (Å²) in [6.07, 6.45) is 0. The summed E-state index contributed by atoms with van der Waals surface area (Å²) in [5.74, 6) is 1.78. The maximum Gasteiger partial charge on any atom is 0.167 e. The molecular formula is C49H31N3O. The van der Waals surface area contributed by atoms with E-state index in [9.17, 15) is 0 Å². The number of rotatable bonds is 6. The third-order valence-electron chi connectivity index (χ3n) is 9.98. The molecule has 10 aromatic rings. The Bertz CT molecular complexity index is 2930. The standard InChI is InChI=1S/C49H31N3O/c1-3-13-32(14-4-1)33-25-27-34(28-26-33)36-17-11-18-37(31-36)38-29-30-43(40-20-8-7-19-39(38)40)48-50-47(35-15-5-2-6-16-35)51-49(52-48)44-23-12-22-42-41-21-9-10-24-45(41)53-46(42)44/h1-31H. The minimum Gasteiger partial charge on any atom is -0.455 e. The Morgan fingerprint density at radius 2 is 0.774 bits per heavy atom. The Balaban J connectivity index is 1.10. The van der Waals surface area contributed by atoms with E-state index >= 15 is 0 Å². The zero-order valence-electron chi connectivity index (χ0n) is 28.6. The Hall–Kier alpha value is -7.17. The zero-order chi connectivity index (χ0) is 35.1. The topological polar surface area (TPSA) is 51.8 Å². The van der Waals surface area contributed by atoms with Crippen molar-refractivity contribution in [2.45, 2.75) is 0 Å². The molecule has 248 valence electrons. The lowest BCUT2D eigenvalue weighted by molar-refractivity contribution is 0.669. The van der Waals surface area contributed by atoms with Gasteiger partial charge in [-0.25, -0.2) is 15.0 Å². The zero-order valence-corrected chi connectivity index (χ0v) is 28.6. The van der Waals surface area contributed by atoms with Gasteiger partial charge in [0.15, 0.2) is 17.5 Å². The van der Waals surface area contributed by atoms with Crippen LogP contribution in [-0.2, 0) is 0 Å². The SMILES string of the molecule is c1ccc(-c2ccc(-c3cccc(-c4ccc(-c5nc(-c6ccccc6)nc(-c6cccc7c6oc6ccccc67)n5)c5ccccc45)c3)cc2)cc1. The smallest absolute Gasteiger partial charge is 0.167 e. The predicted molar refractivity (Wildman–Crippen MR) is 217 cm³/mol. The fraction of sp³-hybridized carbons (Fsp3) is 0. The number of fused-ring (bicyclic) bond motifs is 4. The van der Waals surface area contributed by atoms with Crippen LogP contribution in [0.3, 0.4) is 0 Å². The molecule has 8 aromatic carbocycles. The molecule has 0 spiro atoms. The molecule has 0 N–H and O–H groups in total. The van der Waals surface area contributed by atoms with Crippen LogP contribution >= 0.6 is 0 Å². The number of benzene rings is 8. The summed E-state index contributed by atoms with van der Waals surface area (Å²) >= 11 is 0. The summed E-state index contributed by atoms with van der Waals surface area (Å²) in [4.78, 5) is 15.3. The first-order valence-electron chi connectivity index (χ1n) is 17.8. The molecule has 0 bridgehead atoms. The molecule has 0 aliphatic carbocycles. The molecule has 2 heterocycles. The van der Waals surface area contributed by atoms with Crippen LogP contribution in [0.1, 0.15) is 0 Å². The van der Waals surface area contributed by atoms with E-state index in [1.165, 1.54) is 22.3 Å². The molecule has 0 radical (unpaired) electrons. The molecule has 0 aliphatic rings. The first kappa shape index (κ1) is 30.6. The monoisotopic (exact) mass is 677 g/mol. The van der Waals surface area contributed by atoms with E-state index in [0.717, 1.165) is 60.5 Å². The Morgan fingerprint density at radius 3 is 1.53 bits per heavy atom. The fourth-order valence-electron chi connectivity index (χ4n) is 7.35. The van der Waals surface area contributed by atoms with Crippen LogP contribution < -0.4 is 0 Å².